The Bertz CT molecular complexity index is 427. The molecule has 0 heterocycles. The van der Waals surface area contributed by atoms with Crippen LogP contribution >= 0.6 is 0 Å². The molecule has 1 amide bonds. The summed E-state index contributed by atoms with van der Waals surface area (Å²) in [5.41, 5.74) is 1.88. The number of nitrogens with one attached hydrogen (secondary N) is 1. The Kier molecular flexibility index (Phi) is 3.64. The number of benzene rings is 1. The molecule has 0 atom stereocenters. The highest BCUT2D eigenvalue weighted by Crippen LogP contribution is 2.15. The first-order valence-electron chi connectivity index (χ1n) is 4.59. The van der Waals surface area contributed by atoms with Gasteiger partial charge in [-0.25, -0.2) is 0 Å². The Balaban J connectivity index is 3.09. The van der Waals surface area contributed by atoms with E-state index >= 15 is 0 Å². The van der Waals surface area contributed by atoms with Crippen molar-refractivity contribution >= 4 is 11.5 Å². The van der Waals surface area contributed by atoms with E-state index in [1.54, 1.807) is 6.92 Å². The molecule has 0 aromatic heterocycles. The molecule has 0 aliphatic heterocycles. The first kappa shape index (κ1) is 11.0. The number of hydrogen-bond donors (Lipinski definition) is 1. The van der Waals surface area contributed by atoms with Crippen LogP contribution in [0.1, 0.15) is 19.4 Å². The van der Waals surface area contributed by atoms with Gasteiger partial charge in [-0.05, 0) is 12.5 Å². The van der Waals surface area contributed by atoms with Crippen molar-refractivity contribution in [1.29, 1.82) is 5.26 Å². The largest absolute Gasteiger partial charge is 0.329 e. The van der Waals surface area contributed by atoms with Crippen LogP contribution in [0.15, 0.2) is 36.0 Å². The van der Waals surface area contributed by atoms with E-state index in [4.69, 9.17) is 5.26 Å². The molecule has 0 saturated carbocycles. The van der Waals surface area contributed by atoms with Gasteiger partial charge in [0.05, 0.1) is 5.57 Å². The molecule has 0 aliphatic carbocycles. The Morgan fingerprint density at radius 3 is 2.33 bits per heavy atom. The van der Waals surface area contributed by atoms with E-state index < -0.39 is 0 Å². The summed E-state index contributed by atoms with van der Waals surface area (Å²) in [4.78, 5) is 10.9. The summed E-state index contributed by atoms with van der Waals surface area (Å²) >= 11 is 0. The molecule has 0 fully saturated rings. The SMILES string of the molecule is CC(=O)N/C(C)=C(\C#N)c1ccccc1. The third kappa shape index (κ3) is 2.96. The zero-order valence-corrected chi connectivity index (χ0v) is 8.74. The quantitative estimate of drug-likeness (QED) is 0.743. The van der Waals surface area contributed by atoms with E-state index in [1.165, 1.54) is 6.92 Å². The lowest BCUT2D eigenvalue weighted by Gasteiger charge is -2.05. The summed E-state index contributed by atoms with van der Waals surface area (Å²) in [6, 6.07) is 11.4. The number of hydrogen-bond acceptors (Lipinski definition) is 2. The van der Waals surface area contributed by atoms with E-state index in [-0.39, 0.29) is 5.91 Å². The zero-order chi connectivity index (χ0) is 11.3. The highest BCUT2D eigenvalue weighted by atomic mass is 16.1. The highest BCUT2D eigenvalue weighted by molar-refractivity contribution is 5.83. The lowest BCUT2D eigenvalue weighted by molar-refractivity contribution is -0.118. The number of nitrogens with zero attached hydrogens (tertiary/aromatic N) is 1. The molecule has 1 rings (SSSR count). The smallest absolute Gasteiger partial charge is 0.221 e. The molecule has 0 saturated heterocycles. The second kappa shape index (κ2) is 4.97. The first-order chi connectivity index (χ1) is 7.15. The second-order valence-electron chi connectivity index (χ2n) is 3.16. The van der Waals surface area contributed by atoms with E-state index in [2.05, 4.69) is 11.4 Å². The van der Waals surface area contributed by atoms with Gasteiger partial charge in [0.25, 0.3) is 0 Å². The standard InChI is InChI=1S/C12H12N2O/c1-9(14-10(2)15)12(8-13)11-6-4-3-5-7-11/h3-7H,1-2H3,(H,14,15)/b12-9+. The van der Waals surface area contributed by atoms with E-state index in [0.717, 1.165) is 5.56 Å². The molecule has 1 aromatic carbocycles. The predicted molar refractivity (Wildman–Crippen MR) is 58.5 cm³/mol. The van der Waals surface area contributed by atoms with Crippen LogP contribution in [0.3, 0.4) is 0 Å². The van der Waals surface area contributed by atoms with Crippen molar-refractivity contribution in [3.63, 3.8) is 0 Å². The van der Waals surface area contributed by atoms with Crippen molar-refractivity contribution in [2.45, 2.75) is 13.8 Å². The zero-order valence-electron chi connectivity index (χ0n) is 8.74. The fourth-order valence-corrected chi connectivity index (χ4v) is 1.30. The Hall–Kier alpha value is -2.08. The van der Waals surface area contributed by atoms with Crippen molar-refractivity contribution in [2.75, 3.05) is 0 Å². The summed E-state index contributed by atoms with van der Waals surface area (Å²) in [6.07, 6.45) is 0. The van der Waals surface area contributed by atoms with E-state index in [1.807, 2.05) is 30.3 Å². The molecule has 3 heteroatoms. The number of nitriles is 1. The van der Waals surface area contributed by atoms with Crippen LogP contribution in [-0.2, 0) is 4.79 Å². The van der Waals surface area contributed by atoms with Gasteiger partial charge >= 0.3 is 0 Å². The van der Waals surface area contributed by atoms with Gasteiger partial charge in [0.1, 0.15) is 6.07 Å². The predicted octanol–water partition coefficient (Wildman–Crippen LogP) is 2.08. The van der Waals surface area contributed by atoms with Gasteiger partial charge in [-0.2, -0.15) is 5.26 Å². The van der Waals surface area contributed by atoms with Crippen molar-refractivity contribution in [2.24, 2.45) is 0 Å². The summed E-state index contributed by atoms with van der Waals surface area (Å²) in [6.45, 7) is 3.14. The minimum absolute atomic E-state index is 0.170. The molecule has 1 aromatic rings. The van der Waals surface area contributed by atoms with Gasteiger partial charge < -0.3 is 5.32 Å². The molecular weight excluding hydrogens is 188 g/mol. The highest BCUT2D eigenvalue weighted by Gasteiger charge is 2.05. The molecule has 76 valence electrons. The third-order valence-corrected chi connectivity index (χ3v) is 1.91. The van der Waals surface area contributed by atoms with Crippen LogP contribution in [0, 0.1) is 11.3 Å². The maximum Gasteiger partial charge on any atom is 0.221 e. The van der Waals surface area contributed by atoms with Crippen molar-refractivity contribution < 1.29 is 4.79 Å². The Morgan fingerprint density at radius 2 is 1.87 bits per heavy atom. The second-order valence-corrected chi connectivity index (χ2v) is 3.16. The number of allylic oxidation sites excluding steroid dienone is 2. The summed E-state index contributed by atoms with van der Waals surface area (Å²) in [5, 5.41) is 11.6. The van der Waals surface area contributed by atoms with Crippen molar-refractivity contribution in [1.82, 2.24) is 5.32 Å². The molecule has 0 spiro atoms. The normalized spacial score (nSPS) is 11.3. The molecular formula is C12H12N2O. The van der Waals surface area contributed by atoms with Crippen LogP contribution in [0.4, 0.5) is 0 Å². The van der Waals surface area contributed by atoms with Gasteiger partial charge in [-0.1, -0.05) is 30.3 Å². The molecule has 15 heavy (non-hydrogen) atoms. The minimum atomic E-state index is -0.170. The number of carbonyl (C=O) groups is 1. The fourth-order valence-electron chi connectivity index (χ4n) is 1.30. The van der Waals surface area contributed by atoms with Crippen LogP contribution in [0.5, 0.6) is 0 Å². The first-order valence-corrected chi connectivity index (χ1v) is 4.59. The van der Waals surface area contributed by atoms with Gasteiger partial charge in [0.15, 0.2) is 0 Å². The fraction of sp³-hybridized carbons (Fsp3) is 0.167. The van der Waals surface area contributed by atoms with Gasteiger partial charge in [-0.3, -0.25) is 4.79 Å². The van der Waals surface area contributed by atoms with Crippen LogP contribution < -0.4 is 5.32 Å². The van der Waals surface area contributed by atoms with Crippen LogP contribution in [0.25, 0.3) is 5.57 Å². The van der Waals surface area contributed by atoms with Crippen LogP contribution in [0.2, 0.25) is 0 Å². The number of amides is 1. The topological polar surface area (TPSA) is 52.9 Å². The molecule has 0 radical (unpaired) electrons. The third-order valence-electron chi connectivity index (χ3n) is 1.91. The molecule has 1 N–H and O–H groups in total. The molecule has 0 aliphatic rings. The maximum absolute atomic E-state index is 10.9. The van der Waals surface area contributed by atoms with E-state index in [9.17, 15) is 4.79 Å². The molecule has 3 nitrogen and oxygen atoms in total. The Labute approximate surface area is 89.0 Å². The monoisotopic (exact) mass is 200 g/mol. The lowest BCUT2D eigenvalue weighted by atomic mass is 10.1. The Morgan fingerprint density at radius 1 is 1.27 bits per heavy atom. The average molecular weight is 200 g/mol. The van der Waals surface area contributed by atoms with Gasteiger partial charge in [0.2, 0.25) is 5.91 Å². The van der Waals surface area contributed by atoms with Gasteiger partial charge in [-0.15, -0.1) is 0 Å². The van der Waals surface area contributed by atoms with Crippen molar-refractivity contribution in [3.05, 3.63) is 41.6 Å². The molecule has 0 unspecified atom stereocenters. The summed E-state index contributed by atoms with van der Waals surface area (Å²) in [5.74, 6) is -0.170. The molecule has 0 bridgehead atoms. The maximum atomic E-state index is 10.9. The lowest BCUT2D eigenvalue weighted by Crippen LogP contribution is -2.18. The summed E-state index contributed by atoms with van der Waals surface area (Å²) in [7, 11) is 0. The van der Waals surface area contributed by atoms with E-state index in [0.29, 0.717) is 11.3 Å². The average Bonchev–Trinajstić information content (AvgIpc) is 2.19. The van der Waals surface area contributed by atoms with Crippen LogP contribution in [-0.4, -0.2) is 5.91 Å². The summed E-state index contributed by atoms with van der Waals surface area (Å²) < 4.78 is 0. The number of carbonyl (C=O) groups excluding carboxylic acids is 1. The minimum Gasteiger partial charge on any atom is -0.329 e. The van der Waals surface area contributed by atoms with Crippen molar-refractivity contribution in [3.8, 4) is 6.07 Å². The number of rotatable bonds is 2. The van der Waals surface area contributed by atoms with Gasteiger partial charge in [0, 0.05) is 12.6 Å².